The number of carbonyl (C=O) groups is 3. The van der Waals surface area contributed by atoms with E-state index in [9.17, 15) is 14.4 Å². The Labute approximate surface area is 181 Å². The largest absolute Gasteiger partial charge is 0.361 e. The van der Waals surface area contributed by atoms with Crippen molar-refractivity contribution in [3.63, 3.8) is 0 Å². The molecule has 0 radical (unpaired) electrons. The lowest BCUT2D eigenvalue weighted by Gasteiger charge is -2.35. The molecule has 3 amide bonds. The van der Waals surface area contributed by atoms with Crippen LogP contribution in [0.2, 0.25) is 0 Å². The van der Waals surface area contributed by atoms with Gasteiger partial charge in [0.1, 0.15) is 0 Å². The van der Waals surface area contributed by atoms with Gasteiger partial charge in [-0.3, -0.25) is 19.7 Å². The van der Waals surface area contributed by atoms with Crippen molar-refractivity contribution < 1.29 is 14.4 Å². The third-order valence-electron chi connectivity index (χ3n) is 6.32. The molecule has 2 heterocycles. The lowest BCUT2D eigenvalue weighted by molar-refractivity contribution is -0.138. The number of para-hydroxylation sites is 1. The summed E-state index contributed by atoms with van der Waals surface area (Å²) in [5.74, 6) is -0.482. The van der Waals surface area contributed by atoms with Crippen LogP contribution in [0.1, 0.15) is 50.2 Å². The van der Waals surface area contributed by atoms with Crippen LogP contribution in [0.4, 0.5) is 5.69 Å². The van der Waals surface area contributed by atoms with Gasteiger partial charge in [-0.05, 0) is 55.0 Å². The van der Waals surface area contributed by atoms with Crippen molar-refractivity contribution in [2.45, 2.75) is 50.9 Å². The molecule has 6 nitrogen and oxygen atoms in total. The van der Waals surface area contributed by atoms with E-state index in [2.05, 4.69) is 21.7 Å². The van der Waals surface area contributed by atoms with Crippen LogP contribution in [0.25, 0.3) is 10.9 Å². The van der Waals surface area contributed by atoms with Gasteiger partial charge in [0.15, 0.2) is 0 Å². The van der Waals surface area contributed by atoms with Crippen molar-refractivity contribution in [3.05, 3.63) is 65.9 Å². The molecule has 31 heavy (non-hydrogen) atoms. The number of aryl methyl sites for hydroxylation is 1. The number of amides is 3. The van der Waals surface area contributed by atoms with Gasteiger partial charge in [-0.15, -0.1) is 0 Å². The summed E-state index contributed by atoms with van der Waals surface area (Å²) in [5, 5.41) is 6.60. The van der Waals surface area contributed by atoms with Crippen molar-refractivity contribution >= 4 is 34.3 Å². The summed E-state index contributed by atoms with van der Waals surface area (Å²) < 4.78 is 0. The van der Waals surface area contributed by atoms with Gasteiger partial charge >= 0.3 is 0 Å². The van der Waals surface area contributed by atoms with Crippen molar-refractivity contribution in [2.75, 3.05) is 5.32 Å². The highest BCUT2D eigenvalue weighted by atomic mass is 16.2. The molecule has 0 saturated carbocycles. The van der Waals surface area contributed by atoms with Crippen LogP contribution in [-0.4, -0.2) is 22.7 Å². The number of fused-ring (bicyclic) bond motifs is 1. The second kappa shape index (κ2) is 8.76. The van der Waals surface area contributed by atoms with E-state index < -0.39 is 5.41 Å². The number of aromatic amines is 1. The number of hydrogen-bond acceptors (Lipinski definition) is 3. The lowest BCUT2D eigenvalue weighted by Crippen LogP contribution is -2.51. The number of hydrogen-bond donors (Lipinski definition) is 3. The highest BCUT2D eigenvalue weighted by Gasteiger charge is 2.42. The first kappa shape index (κ1) is 20.8. The van der Waals surface area contributed by atoms with Gasteiger partial charge in [0.05, 0.1) is 5.41 Å². The highest BCUT2D eigenvalue weighted by Crippen LogP contribution is 2.36. The second-order valence-electron chi connectivity index (χ2n) is 8.15. The van der Waals surface area contributed by atoms with Crippen molar-refractivity contribution in [2.24, 2.45) is 0 Å². The highest BCUT2D eigenvalue weighted by molar-refractivity contribution is 6.03. The molecule has 1 saturated heterocycles. The summed E-state index contributed by atoms with van der Waals surface area (Å²) in [6.45, 7) is 1.96. The number of benzene rings is 2. The first-order valence-corrected chi connectivity index (χ1v) is 10.8. The van der Waals surface area contributed by atoms with Gasteiger partial charge in [0, 0.05) is 35.6 Å². The summed E-state index contributed by atoms with van der Waals surface area (Å²) >= 11 is 0. The third kappa shape index (κ3) is 4.24. The van der Waals surface area contributed by atoms with E-state index in [1.807, 2.05) is 55.6 Å². The van der Waals surface area contributed by atoms with Gasteiger partial charge in [-0.25, -0.2) is 0 Å². The van der Waals surface area contributed by atoms with E-state index in [1.165, 1.54) is 10.9 Å². The fourth-order valence-corrected chi connectivity index (χ4v) is 4.44. The predicted octanol–water partition coefficient (Wildman–Crippen LogP) is 4.21. The Bertz CT molecular complexity index is 1120. The fourth-order valence-electron chi connectivity index (χ4n) is 4.44. The number of aromatic nitrogens is 1. The summed E-state index contributed by atoms with van der Waals surface area (Å²) in [6, 6.07) is 15.6. The molecule has 160 valence electrons. The van der Waals surface area contributed by atoms with Gasteiger partial charge in [0.25, 0.3) is 0 Å². The van der Waals surface area contributed by atoms with E-state index in [0.717, 1.165) is 23.9 Å². The molecule has 4 rings (SSSR count). The minimum absolute atomic E-state index is 0.0289. The van der Waals surface area contributed by atoms with E-state index in [-0.39, 0.29) is 17.7 Å². The molecule has 1 atom stereocenters. The first-order valence-electron chi connectivity index (χ1n) is 10.8. The van der Waals surface area contributed by atoms with Crippen LogP contribution in [0.15, 0.2) is 54.7 Å². The molecule has 1 aliphatic heterocycles. The normalized spacial score (nSPS) is 18.7. The molecular weight excluding hydrogens is 390 g/mol. The maximum atomic E-state index is 12.5. The number of imide groups is 1. The van der Waals surface area contributed by atoms with Crippen molar-refractivity contribution in [1.29, 1.82) is 0 Å². The van der Waals surface area contributed by atoms with Gasteiger partial charge in [0.2, 0.25) is 17.7 Å². The zero-order valence-electron chi connectivity index (χ0n) is 17.7. The minimum Gasteiger partial charge on any atom is -0.361 e. The molecule has 1 aromatic heterocycles. The van der Waals surface area contributed by atoms with Gasteiger partial charge < -0.3 is 10.3 Å². The molecule has 0 unspecified atom stereocenters. The zero-order valence-corrected chi connectivity index (χ0v) is 17.7. The summed E-state index contributed by atoms with van der Waals surface area (Å²) in [5.41, 5.74) is 3.23. The standard InChI is InChI=1S/C25H27N3O3/c1-2-25(15-14-23(30)28-24(25)31)18-10-12-19(13-11-18)27-22(29)9-5-6-17-16-26-21-8-4-3-7-20(17)21/h3-4,7-8,10-13,16,26H,2,5-6,9,14-15H2,1H3,(H,27,29)(H,28,30,31)/t25-/m0/s1. The Morgan fingerprint density at radius 3 is 2.61 bits per heavy atom. The average molecular weight is 418 g/mol. The lowest BCUT2D eigenvalue weighted by atomic mass is 9.72. The molecule has 6 heteroatoms. The molecular formula is C25H27N3O3. The zero-order chi connectivity index (χ0) is 21.8. The topological polar surface area (TPSA) is 91.1 Å². The monoisotopic (exact) mass is 417 g/mol. The van der Waals surface area contributed by atoms with Crippen LogP contribution in [0.5, 0.6) is 0 Å². The number of anilines is 1. The third-order valence-corrected chi connectivity index (χ3v) is 6.32. The van der Waals surface area contributed by atoms with Crippen LogP contribution in [-0.2, 0) is 26.2 Å². The Morgan fingerprint density at radius 1 is 1.10 bits per heavy atom. The van der Waals surface area contributed by atoms with Crippen molar-refractivity contribution in [1.82, 2.24) is 10.3 Å². The van der Waals surface area contributed by atoms with Gasteiger partial charge in [-0.1, -0.05) is 37.3 Å². The fraction of sp³-hybridized carbons (Fsp3) is 0.320. The molecule has 1 fully saturated rings. The maximum absolute atomic E-state index is 12.5. The Balaban J connectivity index is 1.34. The van der Waals surface area contributed by atoms with Gasteiger partial charge in [-0.2, -0.15) is 0 Å². The SMILES string of the molecule is CC[C@@]1(c2ccc(NC(=O)CCCc3c[nH]c4ccccc34)cc2)CCC(=O)NC1=O. The first-order chi connectivity index (χ1) is 15.0. The molecule has 2 aromatic carbocycles. The Hall–Kier alpha value is -3.41. The van der Waals surface area contributed by atoms with Crippen LogP contribution < -0.4 is 10.6 Å². The summed E-state index contributed by atoms with van der Waals surface area (Å²) in [7, 11) is 0. The smallest absolute Gasteiger partial charge is 0.237 e. The average Bonchev–Trinajstić information content (AvgIpc) is 3.18. The quantitative estimate of drug-likeness (QED) is 0.503. The Kier molecular flexibility index (Phi) is 5.89. The van der Waals surface area contributed by atoms with Crippen LogP contribution in [0, 0.1) is 0 Å². The molecule has 0 spiro atoms. The van der Waals surface area contributed by atoms with Crippen LogP contribution >= 0.6 is 0 Å². The second-order valence-corrected chi connectivity index (χ2v) is 8.15. The number of H-pyrrole nitrogens is 1. The molecule has 3 aromatic rings. The molecule has 3 N–H and O–H groups in total. The maximum Gasteiger partial charge on any atom is 0.237 e. The minimum atomic E-state index is -0.685. The number of nitrogens with one attached hydrogen (secondary N) is 3. The molecule has 0 aliphatic carbocycles. The predicted molar refractivity (Wildman–Crippen MR) is 121 cm³/mol. The van der Waals surface area contributed by atoms with E-state index in [1.54, 1.807) is 0 Å². The number of rotatable bonds is 7. The van der Waals surface area contributed by atoms with E-state index in [4.69, 9.17) is 0 Å². The molecule has 0 bridgehead atoms. The van der Waals surface area contributed by atoms with Crippen molar-refractivity contribution in [3.8, 4) is 0 Å². The van der Waals surface area contributed by atoms with Crippen LogP contribution in [0.3, 0.4) is 0 Å². The van der Waals surface area contributed by atoms with E-state index >= 15 is 0 Å². The summed E-state index contributed by atoms with van der Waals surface area (Å²) in [6.07, 6.45) is 5.51. The summed E-state index contributed by atoms with van der Waals surface area (Å²) in [4.78, 5) is 39.7. The molecule has 1 aliphatic rings. The number of piperidine rings is 1. The Morgan fingerprint density at radius 2 is 1.87 bits per heavy atom. The van der Waals surface area contributed by atoms with E-state index in [0.29, 0.717) is 31.4 Å². The number of carbonyl (C=O) groups excluding carboxylic acids is 3.